The Morgan fingerprint density at radius 1 is 1.31 bits per heavy atom. The number of aromatic nitrogens is 1. The van der Waals surface area contributed by atoms with Gasteiger partial charge in [-0.05, 0) is 42.7 Å². The van der Waals surface area contributed by atoms with Gasteiger partial charge in [-0.1, -0.05) is 32.0 Å². The van der Waals surface area contributed by atoms with Gasteiger partial charge in [0.15, 0.2) is 0 Å². The van der Waals surface area contributed by atoms with Gasteiger partial charge >= 0.3 is 0 Å². The summed E-state index contributed by atoms with van der Waals surface area (Å²) >= 11 is 0. The monoisotopic (exact) mass is 354 g/mol. The van der Waals surface area contributed by atoms with Crippen molar-refractivity contribution < 1.29 is 9.53 Å². The molecule has 2 aliphatic rings. The van der Waals surface area contributed by atoms with Crippen LogP contribution in [0.4, 0.5) is 0 Å². The van der Waals surface area contributed by atoms with E-state index in [1.165, 1.54) is 16.5 Å². The highest BCUT2D eigenvalue weighted by atomic mass is 16.5. The van der Waals surface area contributed by atoms with Crippen molar-refractivity contribution in [3.63, 3.8) is 0 Å². The lowest BCUT2D eigenvalue weighted by Gasteiger charge is -2.56. The molecule has 2 aromatic rings. The fourth-order valence-electron chi connectivity index (χ4n) is 6.11. The zero-order valence-electron chi connectivity index (χ0n) is 16.8. The second kappa shape index (κ2) is 5.59. The van der Waals surface area contributed by atoms with E-state index in [0.717, 1.165) is 37.4 Å². The van der Waals surface area contributed by atoms with Crippen LogP contribution in [0.3, 0.4) is 0 Å². The zero-order valence-corrected chi connectivity index (χ0v) is 16.8. The largest absolute Gasteiger partial charge is 0.384 e. The molecule has 1 aromatic heterocycles. The van der Waals surface area contributed by atoms with E-state index in [4.69, 9.17) is 4.74 Å². The number of para-hydroxylation sites is 1. The van der Waals surface area contributed by atoms with Gasteiger partial charge in [0.2, 0.25) is 0 Å². The van der Waals surface area contributed by atoms with Crippen molar-refractivity contribution >= 4 is 16.8 Å². The van der Waals surface area contributed by atoms with Gasteiger partial charge in [0.1, 0.15) is 5.69 Å². The Hall–Kier alpha value is -1.81. The molecular formula is C22H30N2O2. The van der Waals surface area contributed by atoms with Gasteiger partial charge in [-0.25, -0.2) is 0 Å². The molecule has 1 saturated carbocycles. The summed E-state index contributed by atoms with van der Waals surface area (Å²) in [6.07, 6.45) is 1.13. The quantitative estimate of drug-likeness (QED) is 0.837. The van der Waals surface area contributed by atoms with Gasteiger partial charge in [0.05, 0.1) is 12.1 Å². The summed E-state index contributed by atoms with van der Waals surface area (Å²) in [6, 6.07) is 6.31. The number of aryl methyl sites for hydroxylation is 3. The molecule has 0 spiro atoms. The first-order valence-corrected chi connectivity index (χ1v) is 9.55. The minimum Gasteiger partial charge on any atom is -0.384 e. The van der Waals surface area contributed by atoms with E-state index in [2.05, 4.69) is 55.4 Å². The molecule has 2 fully saturated rings. The van der Waals surface area contributed by atoms with Crippen LogP contribution in [0, 0.1) is 30.6 Å². The minimum atomic E-state index is 0.141. The first kappa shape index (κ1) is 17.6. The van der Waals surface area contributed by atoms with Gasteiger partial charge in [-0.15, -0.1) is 0 Å². The third-order valence-electron chi connectivity index (χ3n) is 6.99. The Kier molecular flexibility index (Phi) is 3.78. The van der Waals surface area contributed by atoms with Crippen molar-refractivity contribution in [3.05, 3.63) is 35.0 Å². The summed E-state index contributed by atoms with van der Waals surface area (Å²) in [4.78, 5) is 15.6. The molecular weight excluding hydrogens is 324 g/mol. The van der Waals surface area contributed by atoms with Crippen LogP contribution in [-0.4, -0.2) is 42.2 Å². The number of likely N-dealkylation sites (tertiary alicyclic amines) is 1. The van der Waals surface area contributed by atoms with Crippen LogP contribution >= 0.6 is 0 Å². The second-order valence-corrected chi connectivity index (χ2v) is 9.20. The fraction of sp³-hybridized carbons (Fsp3) is 0.591. The molecule has 1 aliphatic carbocycles. The van der Waals surface area contributed by atoms with Crippen LogP contribution < -0.4 is 0 Å². The highest BCUT2D eigenvalue weighted by Crippen LogP contribution is 2.62. The van der Waals surface area contributed by atoms with Crippen molar-refractivity contribution in [2.75, 3.05) is 26.8 Å². The predicted octanol–water partition coefficient (Wildman–Crippen LogP) is 3.93. The number of fused-ring (bicyclic) bond motifs is 2. The fourth-order valence-corrected chi connectivity index (χ4v) is 6.11. The van der Waals surface area contributed by atoms with Crippen molar-refractivity contribution in [1.82, 2.24) is 9.47 Å². The number of rotatable bonds is 3. The summed E-state index contributed by atoms with van der Waals surface area (Å²) in [5.41, 5.74) is 4.74. The van der Waals surface area contributed by atoms with Gasteiger partial charge in [-0.2, -0.15) is 0 Å². The van der Waals surface area contributed by atoms with Crippen molar-refractivity contribution in [2.24, 2.45) is 23.8 Å². The third-order valence-corrected chi connectivity index (χ3v) is 6.99. The lowest BCUT2D eigenvalue weighted by molar-refractivity contribution is -0.107. The number of carbonyl (C=O) groups excluding carboxylic acids is 1. The lowest BCUT2D eigenvalue weighted by Crippen LogP contribution is -2.55. The number of ether oxygens (including phenoxy) is 1. The first-order chi connectivity index (χ1) is 12.2. The molecule has 140 valence electrons. The number of carbonyl (C=O) groups is 1. The third kappa shape index (κ3) is 2.21. The molecule has 2 heterocycles. The van der Waals surface area contributed by atoms with E-state index in [1.807, 2.05) is 7.05 Å². The number of nitrogens with zero attached hydrogens (tertiary/aromatic N) is 2. The Bertz CT molecular complexity index is 895. The molecule has 0 unspecified atom stereocenters. The summed E-state index contributed by atoms with van der Waals surface area (Å²) in [6.45, 7) is 11.2. The topological polar surface area (TPSA) is 34.5 Å². The van der Waals surface area contributed by atoms with E-state index in [-0.39, 0.29) is 16.7 Å². The van der Waals surface area contributed by atoms with E-state index in [1.54, 1.807) is 7.11 Å². The van der Waals surface area contributed by atoms with Crippen molar-refractivity contribution in [2.45, 2.75) is 34.1 Å². The van der Waals surface area contributed by atoms with Crippen LogP contribution in [0.25, 0.3) is 10.9 Å². The summed E-state index contributed by atoms with van der Waals surface area (Å²) in [5.74, 6) is 0.692. The highest BCUT2D eigenvalue weighted by Gasteiger charge is 2.63. The van der Waals surface area contributed by atoms with Crippen molar-refractivity contribution in [3.8, 4) is 0 Å². The number of hydrogen-bond acceptors (Lipinski definition) is 2. The number of methoxy groups -OCH3 is 1. The van der Waals surface area contributed by atoms with Gasteiger partial charge in [-0.3, -0.25) is 4.79 Å². The molecule has 4 heteroatoms. The molecule has 4 rings (SSSR count). The van der Waals surface area contributed by atoms with Crippen LogP contribution in [0.1, 0.15) is 41.9 Å². The first-order valence-electron chi connectivity index (χ1n) is 9.55. The van der Waals surface area contributed by atoms with Gasteiger partial charge in [0.25, 0.3) is 5.91 Å². The number of amides is 1. The molecule has 4 nitrogen and oxygen atoms in total. The summed E-state index contributed by atoms with van der Waals surface area (Å²) in [7, 11) is 3.80. The van der Waals surface area contributed by atoms with E-state index in [0.29, 0.717) is 5.92 Å². The lowest BCUT2D eigenvalue weighted by atomic mass is 9.48. The molecule has 1 aliphatic heterocycles. The summed E-state index contributed by atoms with van der Waals surface area (Å²) < 4.78 is 7.64. The van der Waals surface area contributed by atoms with Crippen LogP contribution in [0.5, 0.6) is 0 Å². The SMILES string of the molecule is COC[C@@]12CN(C(=O)c3c(C)c4cccc(C)c4n3C)C[C@@H]1C(C)(C)C2. The van der Waals surface area contributed by atoms with E-state index >= 15 is 0 Å². The molecule has 0 radical (unpaired) electrons. The average Bonchev–Trinajstić information content (AvgIpc) is 3.02. The maximum atomic E-state index is 13.5. The Balaban J connectivity index is 1.72. The molecule has 1 amide bonds. The maximum Gasteiger partial charge on any atom is 0.270 e. The molecule has 1 saturated heterocycles. The second-order valence-electron chi connectivity index (χ2n) is 9.20. The average molecular weight is 354 g/mol. The van der Waals surface area contributed by atoms with E-state index in [9.17, 15) is 4.79 Å². The standard InChI is InChI=1S/C22H30N2O2/c1-14-8-7-9-16-15(2)19(23(5)18(14)16)20(25)24-10-17-21(3,4)11-22(17,12-24)13-26-6/h7-9,17H,10-13H2,1-6H3/t17-,22-/m1/s1. The molecule has 1 aromatic carbocycles. The normalized spacial score (nSPS) is 26.8. The maximum absolute atomic E-state index is 13.5. The Morgan fingerprint density at radius 2 is 2.04 bits per heavy atom. The Labute approximate surface area is 156 Å². The Morgan fingerprint density at radius 3 is 2.65 bits per heavy atom. The predicted molar refractivity (Wildman–Crippen MR) is 104 cm³/mol. The van der Waals surface area contributed by atoms with Gasteiger partial charge < -0.3 is 14.2 Å². The van der Waals surface area contributed by atoms with Gasteiger partial charge in [0, 0.05) is 38.0 Å². The smallest absolute Gasteiger partial charge is 0.270 e. The molecule has 2 atom stereocenters. The highest BCUT2D eigenvalue weighted by molar-refractivity contribution is 6.02. The number of hydrogen-bond donors (Lipinski definition) is 0. The molecule has 0 bridgehead atoms. The molecule has 26 heavy (non-hydrogen) atoms. The van der Waals surface area contributed by atoms with E-state index < -0.39 is 0 Å². The number of benzene rings is 1. The van der Waals surface area contributed by atoms with Crippen LogP contribution in [0.15, 0.2) is 18.2 Å². The summed E-state index contributed by atoms with van der Waals surface area (Å²) in [5, 5.41) is 1.19. The van der Waals surface area contributed by atoms with Crippen molar-refractivity contribution in [1.29, 1.82) is 0 Å². The van der Waals surface area contributed by atoms with Crippen LogP contribution in [-0.2, 0) is 11.8 Å². The molecule has 0 N–H and O–H groups in total. The zero-order chi connectivity index (χ0) is 18.9. The minimum absolute atomic E-state index is 0.141. The van der Waals surface area contributed by atoms with Crippen LogP contribution in [0.2, 0.25) is 0 Å².